The minimum absolute atomic E-state index is 0.0381. The first-order valence-corrected chi connectivity index (χ1v) is 7.66. The monoisotopic (exact) mass is 384 g/mol. The highest BCUT2D eigenvalue weighted by molar-refractivity contribution is 9.10. The zero-order chi connectivity index (χ0) is 16.3. The number of nitrogen functional groups attached to an aromatic ring is 1. The van der Waals surface area contributed by atoms with Crippen molar-refractivity contribution in [3.63, 3.8) is 0 Å². The maximum absolute atomic E-state index is 11.9. The molecule has 0 saturated heterocycles. The SMILES string of the molecule is COc1ccc(/C=N\NC(=O)c2sc(N)nc2C)c(Br)c1O. The van der Waals surface area contributed by atoms with E-state index in [9.17, 15) is 9.90 Å². The summed E-state index contributed by atoms with van der Waals surface area (Å²) in [4.78, 5) is 16.3. The number of halogens is 1. The van der Waals surface area contributed by atoms with Gasteiger partial charge in [-0.15, -0.1) is 0 Å². The fourth-order valence-electron chi connectivity index (χ4n) is 1.67. The van der Waals surface area contributed by atoms with Gasteiger partial charge in [0.15, 0.2) is 16.6 Å². The number of nitrogens with one attached hydrogen (secondary N) is 1. The van der Waals surface area contributed by atoms with Crippen molar-refractivity contribution in [3.05, 3.63) is 32.7 Å². The van der Waals surface area contributed by atoms with E-state index in [1.807, 2.05) is 0 Å². The highest BCUT2D eigenvalue weighted by atomic mass is 79.9. The van der Waals surface area contributed by atoms with Crippen LogP contribution >= 0.6 is 27.3 Å². The number of methoxy groups -OCH3 is 1. The molecule has 1 heterocycles. The summed E-state index contributed by atoms with van der Waals surface area (Å²) >= 11 is 4.33. The summed E-state index contributed by atoms with van der Waals surface area (Å²) in [5.74, 6) is -0.0931. The van der Waals surface area contributed by atoms with Gasteiger partial charge in [0, 0.05) is 5.56 Å². The van der Waals surface area contributed by atoms with Crippen LogP contribution in [0.4, 0.5) is 5.13 Å². The summed E-state index contributed by atoms with van der Waals surface area (Å²) in [6, 6.07) is 3.28. The maximum Gasteiger partial charge on any atom is 0.283 e. The van der Waals surface area contributed by atoms with Gasteiger partial charge in [0.05, 0.1) is 23.5 Å². The number of carbonyl (C=O) groups is 1. The molecule has 9 heteroatoms. The van der Waals surface area contributed by atoms with E-state index in [2.05, 4.69) is 31.4 Å². The number of carbonyl (C=O) groups excluding carboxylic acids is 1. The largest absolute Gasteiger partial charge is 0.503 e. The number of anilines is 1. The number of hydrogen-bond donors (Lipinski definition) is 3. The number of aromatic nitrogens is 1. The van der Waals surface area contributed by atoms with Gasteiger partial charge in [-0.1, -0.05) is 11.3 Å². The van der Waals surface area contributed by atoms with E-state index in [0.29, 0.717) is 31.5 Å². The number of phenols is 1. The molecule has 0 radical (unpaired) electrons. The van der Waals surface area contributed by atoms with Crippen LogP contribution in [0.15, 0.2) is 21.7 Å². The van der Waals surface area contributed by atoms with Crippen molar-refractivity contribution < 1.29 is 14.6 Å². The van der Waals surface area contributed by atoms with E-state index in [-0.39, 0.29) is 5.75 Å². The number of thiazole rings is 1. The van der Waals surface area contributed by atoms with Crippen molar-refractivity contribution in [1.29, 1.82) is 0 Å². The minimum atomic E-state index is -0.392. The van der Waals surface area contributed by atoms with Crippen molar-refractivity contribution in [1.82, 2.24) is 10.4 Å². The molecule has 0 unspecified atom stereocenters. The summed E-state index contributed by atoms with van der Waals surface area (Å²) in [5.41, 5.74) is 9.07. The third kappa shape index (κ3) is 3.37. The Hall–Kier alpha value is -2.13. The number of nitrogens with zero attached hydrogens (tertiary/aromatic N) is 2. The Morgan fingerprint density at radius 1 is 1.59 bits per heavy atom. The molecule has 2 rings (SSSR count). The molecule has 0 aliphatic heterocycles. The van der Waals surface area contributed by atoms with E-state index in [1.54, 1.807) is 19.1 Å². The molecule has 1 aromatic heterocycles. The Labute approximate surface area is 139 Å². The predicted octanol–water partition coefficient (Wildman–Crippen LogP) is 2.27. The van der Waals surface area contributed by atoms with Crippen LogP contribution in [0.3, 0.4) is 0 Å². The van der Waals surface area contributed by atoms with Crippen LogP contribution in [0.5, 0.6) is 11.5 Å². The van der Waals surface area contributed by atoms with Crippen LogP contribution in [0.2, 0.25) is 0 Å². The second kappa shape index (κ2) is 6.75. The molecule has 2 aromatic rings. The van der Waals surface area contributed by atoms with Gasteiger partial charge in [-0.3, -0.25) is 4.79 Å². The molecule has 0 bridgehead atoms. The smallest absolute Gasteiger partial charge is 0.283 e. The number of phenolic OH excluding ortho intramolecular Hbond substituents is 1. The minimum Gasteiger partial charge on any atom is -0.503 e. The van der Waals surface area contributed by atoms with E-state index in [1.165, 1.54) is 13.3 Å². The topological polar surface area (TPSA) is 110 Å². The Morgan fingerprint density at radius 3 is 2.91 bits per heavy atom. The van der Waals surface area contributed by atoms with Crippen LogP contribution < -0.4 is 15.9 Å². The number of hydrogen-bond acceptors (Lipinski definition) is 7. The van der Waals surface area contributed by atoms with Crippen LogP contribution in [-0.4, -0.2) is 29.3 Å². The van der Waals surface area contributed by atoms with Crippen LogP contribution in [0.25, 0.3) is 0 Å². The average molecular weight is 385 g/mol. The molecule has 7 nitrogen and oxygen atoms in total. The molecule has 0 saturated carbocycles. The zero-order valence-electron chi connectivity index (χ0n) is 11.8. The average Bonchev–Trinajstić information content (AvgIpc) is 2.82. The summed E-state index contributed by atoms with van der Waals surface area (Å²) in [6.45, 7) is 1.70. The lowest BCUT2D eigenvalue weighted by Gasteiger charge is -2.06. The second-order valence-electron chi connectivity index (χ2n) is 4.19. The molecule has 4 N–H and O–H groups in total. The second-order valence-corrected chi connectivity index (χ2v) is 6.01. The van der Waals surface area contributed by atoms with Gasteiger partial charge in [0.1, 0.15) is 4.88 Å². The first-order valence-electron chi connectivity index (χ1n) is 6.05. The van der Waals surface area contributed by atoms with Crippen molar-refractivity contribution in [2.24, 2.45) is 5.10 Å². The number of aromatic hydroxyl groups is 1. The Kier molecular flexibility index (Phi) is 4.99. The first kappa shape index (κ1) is 16.2. The molecule has 1 aromatic carbocycles. The maximum atomic E-state index is 11.9. The van der Waals surface area contributed by atoms with Gasteiger partial charge in [-0.05, 0) is 35.0 Å². The van der Waals surface area contributed by atoms with Gasteiger partial charge in [0.2, 0.25) is 0 Å². The molecule has 1 amide bonds. The van der Waals surface area contributed by atoms with Crippen molar-refractivity contribution >= 4 is 44.5 Å². The van der Waals surface area contributed by atoms with E-state index >= 15 is 0 Å². The number of hydrazone groups is 1. The molecular formula is C13H13BrN4O3S. The predicted molar refractivity (Wildman–Crippen MR) is 88.7 cm³/mol. The molecule has 116 valence electrons. The van der Waals surface area contributed by atoms with Gasteiger partial charge < -0.3 is 15.6 Å². The zero-order valence-corrected chi connectivity index (χ0v) is 14.2. The Bertz CT molecular complexity index is 745. The molecule has 0 spiro atoms. The van der Waals surface area contributed by atoms with Gasteiger partial charge >= 0.3 is 0 Å². The summed E-state index contributed by atoms with van der Waals surface area (Å²) in [6.07, 6.45) is 1.40. The number of benzene rings is 1. The molecule has 0 aliphatic rings. The lowest BCUT2D eigenvalue weighted by molar-refractivity contribution is 0.0958. The van der Waals surface area contributed by atoms with E-state index in [4.69, 9.17) is 10.5 Å². The standard InChI is InChI=1S/C13H13BrN4O3S/c1-6-11(22-13(15)17-6)12(20)18-16-5-7-3-4-8(21-2)10(19)9(7)14/h3-5,19H,1-2H3,(H2,15,17)(H,18,20)/b16-5-. The first-order chi connectivity index (χ1) is 10.4. The molecular weight excluding hydrogens is 372 g/mol. The number of rotatable bonds is 4. The number of nitrogens with two attached hydrogens (primary N) is 1. The van der Waals surface area contributed by atoms with Gasteiger partial charge in [-0.2, -0.15) is 5.10 Å². The highest BCUT2D eigenvalue weighted by Crippen LogP contribution is 2.35. The Balaban J connectivity index is 2.12. The van der Waals surface area contributed by atoms with Crippen LogP contribution in [-0.2, 0) is 0 Å². The quantitative estimate of drug-likeness (QED) is 0.553. The van der Waals surface area contributed by atoms with Gasteiger partial charge in [0.25, 0.3) is 5.91 Å². The highest BCUT2D eigenvalue weighted by Gasteiger charge is 2.13. The number of ether oxygens (including phenoxy) is 1. The molecule has 0 atom stereocenters. The summed E-state index contributed by atoms with van der Waals surface area (Å²) < 4.78 is 5.40. The third-order valence-corrected chi connectivity index (χ3v) is 4.54. The fraction of sp³-hybridized carbons (Fsp3) is 0.154. The normalized spacial score (nSPS) is 10.9. The molecule has 0 aliphatic carbocycles. The lowest BCUT2D eigenvalue weighted by Crippen LogP contribution is -2.17. The molecule has 0 fully saturated rings. The van der Waals surface area contributed by atoms with Crippen LogP contribution in [0, 0.1) is 6.92 Å². The summed E-state index contributed by atoms with van der Waals surface area (Å²) in [5, 5.41) is 14.0. The van der Waals surface area contributed by atoms with Gasteiger partial charge in [-0.25, -0.2) is 10.4 Å². The van der Waals surface area contributed by atoms with E-state index < -0.39 is 5.91 Å². The number of aryl methyl sites for hydroxylation is 1. The van der Waals surface area contributed by atoms with Crippen molar-refractivity contribution in [2.75, 3.05) is 12.8 Å². The van der Waals surface area contributed by atoms with Crippen molar-refractivity contribution in [2.45, 2.75) is 6.92 Å². The molecule has 22 heavy (non-hydrogen) atoms. The van der Waals surface area contributed by atoms with Crippen LogP contribution in [0.1, 0.15) is 20.9 Å². The lowest BCUT2D eigenvalue weighted by atomic mass is 10.2. The fourth-order valence-corrected chi connectivity index (χ4v) is 2.82. The summed E-state index contributed by atoms with van der Waals surface area (Å²) in [7, 11) is 1.46. The van der Waals surface area contributed by atoms with Crippen molar-refractivity contribution in [3.8, 4) is 11.5 Å². The number of amides is 1. The van der Waals surface area contributed by atoms with E-state index in [0.717, 1.165) is 11.3 Å². The Morgan fingerprint density at radius 2 is 2.32 bits per heavy atom. The third-order valence-electron chi connectivity index (χ3n) is 2.72.